The number of hydrogen-bond donors (Lipinski definition) is 0. The highest BCUT2D eigenvalue weighted by atomic mass is 32.2. The smallest absolute Gasteiger partial charge is 0.157 e. The minimum Gasteiger partial charge on any atom is -0.369 e. The van der Waals surface area contributed by atoms with Gasteiger partial charge in [-0.2, -0.15) is 0 Å². The van der Waals surface area contributed by atoms with Gasteiger partial charge in [0.25, 0.3) is 0 Å². The molecule has 0 amide bonds. The van der Waals surface area contributed by atoms with Crippen molar-refractivity contribution >= 4 is 15.6 Å². The third-order valence-corrected chi connectivity index (χ3v) is 5.84. The zero-order chi connectivity index (χ0) is 10.6. The summed E-state index contributed by atoms with van der Waals surface area (Å²) in [6.45, 7) is 0.603. The van der Waals surface area contributed by atoms with Gasteiger partial charge in [0.1, 0.15) is 0 Å². The molecule has 3 rings (SSSR count). The van der Waals surface area contributed by atoms with Gasteiger partial charge in [-0.1, -0.05) is 0 Å². The number of carbonyl (C=O) groups excluding carboxylic acids is 1. The molecular formula is C10H13NO3S. The van der Waals surface area contributed by atoms with E-state index >= 15 is 0 Å². The predicted octanol–water partition coefficient (Wildman–Crippen LogP) is 0.105. The molecule has 0 spiro atoms. The number of carbonyl (C=O) groups is 1. The molecule has 2 heterocycles. The molecule has 0 radical (unpaired) electrons. The third-order valence-electron chi connectivity index (χ3n) is 3.63. The van der Waals surface area contributed by atoms with Crippen molar-refractivity contribution in [1.82, 2.24) is 4.90 Å². The Bertz CT molecular complexity index is 451. The zero-order valence-corrected chi connectivity index (χ0v) is 9.16. The van der Waals surface area contributed by atoms with Crippen LogP contribution in [0.2, 0.25) is 0 Å². The van der Waals surface area contributed by atoms with Crippen molar-refractivity contribution in [3.05, 3.63) is 11.8 Å². The highest BCUT2D eigenvalue weighted by Crippen LogP contribution is 2.37. The second-order valence-corrected chi connectivity index (χ2v) is 6.92. The molecule has 2 unspecified atom stereocenters. The van der Waals surface area contributed by atoms with Gasteiger partial charge in [-0.25, -0.2) is 8.42 Å². The summed E-state index contributed by atoms with van der Waals surface area (Å²) >= 11 is 0. The van der Waals surface area contributed by atoms with Crippen LogP contribution in [0.4, 0.5) is 0 Å². The van der Waals surface area contributed by atoms with E-state index in [9.17, 15) is 13.2 Å². The zero-order valence-electron chi connectivity index (χ0n) is 8.35. The van der Waals surface area contributed by atoms with Gasteiger partial charge in [0, 0.05) is 30.8 Å². The molecule has 1 aliphatic carbocycles. The number of nitrogens with zero attached hydrogens (tertiary/aromatic N) is 1. The Morgan fingerprint density at radius 2 is 2.13 bits per heavy atom. The van der Waals surface area contributed by atoms with Gasteiger partial charge in [0.15, 0.2) is 15.6 Å². The summed E-state index contributed by atoms with van der Waals surface area (Å²) in [6, 6.07) is 0.136. The summed E-state index contributed by atoms with van der Waals surface area (Å²) in [5, 5.41) is -0.181. The molecule has 0 aromatic carbocycles. The molecule has 0 aromatic heterocycles. The molecule has 15 heavy (non-hydrogen) atoms. The van der Waals surface area contributed by atoms with E-state index in [0.29, 0.717) is 13.0 Å². The number of rotatable bonds is 1. The standard InChI is InChI=1S/C10H13NO3S/c12-9-2-1-7(3-9)11-5-10-4-8(11)6-15(10,13)14/h3,8,10H,1-2,4-6H2. The first-order valence-electron chi connectivity index (χ1n) is 5.28. The van der Waals surface area contributed by atoms with Crippen LogP contribution in [0, 0.1) is 0 Å². The first-order valence-corrected chi connectivity index (χ1v) is 6.99. The summed E-state index contributed by atoms with van der Waals surface area (Å²) in [6.07, 6.45) is 3.83. The van der Waals surface area contributed by atoms with Crippen LogP contribution in [0.1, 0.15) is 19.3 Å². The molecule has 3 aliphatic rings. The summed E-state index contributed by atoms with van der Waals surface area (Å²) in [4.78, 5) is 13.3. The number of allylic oxidation sites excluding steroid dienone is 2. The Balaban J connectivity index is 1.84. The van der Waals surface area contributed by atoms with Crippen LogP contribution in [0.15, 0.2) is 11.8 Å². The Kier molecular flexibility index (Phi) is 1.78. The van der Waals surface area contributed by atoms with Crippen molar-refractivity contribution in [2.75, 3.05) is 12.3 Å². The van der Waals surface area contributed by atoms with Crippen molar-refractivity contribution in [3.8, 4) is 0 Å². The lowest BCUT2D eigenvalue weighted by atomic mass is 10.2. The second kappa shape index (κ2) is 2.84. The lowest BCUT2D eigenvalue weighted by Crippen LogP contribution is -2.39. The van der Waals surface area contributed by atoms with E-state index in [1.54, 1.807) is 6.08 Å². The fourth-order valence-electron chi connectivity index (χ4n) is 2.86. The van der Waals surface area contributed by atoms with Crippen molar-refractivity contribution in [1.29, 1.82) is 0 Å². The molecule has 2 fully saturated rings. The van der Waals surface area contributed by atoms with Crippen LogP contribution in [0.25, 0.3) is 0 Å². The van der Waals surface area contributed by atoms with Crippen LogP contribution in [-0.2, 0) is 14.6 Å². The van der Waals surface area contributed by atoms with Crippen molar-refractivity contribution < 1.29 is 13.2 Å². The maximum Gasteiger partial charge on any atom is 0.157 e. The summed E-state index contributed by atoms with van der Waals surface area (Å²) in [5.74, 6) is 0.457. The minimum atomic E-state index is -2.82. The van der Waals surface area contributed by atoms with Crippen LogP contribution in [-0.4, -0.2) is 42.7 Å². The second-order valence-electron chi connectivity index (χ2n) is 4.60. The van der Waals surface area contributed by atoms with E-state index in [1.165, 1.54) is 0 Å². The fourth-order valence-corrected chi connectivity index (χ4v) is 4.88. The maximum atomic E-state index is 11.5. The van der Waals surface area contributed by atoms with Crippen LogP contribution in [0.3, 0.4) is 0 Å². The van der Waals surface area contributed by atoms with E-state index in [-0.39, 0.29) is 22.8 Å². The van der Waals surface area contributed by atoms with Crippen molar-refractivity contribution in [2.24, 2.45) is 0 Å². The van der Waals surface area contributed by atoms with Crippen molar-refractivity contribution in [2.45, 2.75) is 30.6 Å². The van der Waals surface area contributed by atoms with Crippen LogP contribution >= 0.6 is 0 Å². The highest BCUT2D eigenvalue weighted by Gasteiger charge is 2.49. The molecule has 2 atom stereocenters. The van der Waals surface area contributed by atoms with Crippen molar-refractivity contribution in [3.63, 3.8) is 0 Å². The van der Waals surface area contributed by atoms with E-state index in [4.69, 9.17) is 0 Å². The molecular weight excluding hydrogens is 214 g/mol. The normalized spacial score (nSPS) is 37.5. The molecule has 82 valence electrons. The van der Waals surface area contributed by atoms with E-state index in [0.717, 1.165) is 18.5 Å². The van der Waals surface area contributed by atoms with E-state index in [1.807, 2.05) is 0 Å². The van der Waals surface area contributed by atoms with Crippen LogP contribution < -0.4 is 0 Å². The van der Waals surface area contributed by atoms with Gasteiger partial charge in [0.2, 0.25) is 0 Å². The monoisotopic (exact) mass is 227 g/mol. The van der Waals surface area contributed by atoms with Gasteiger partial charge in [-0.15, -0.1) is 0 Å². The first kappa shape index (κ1) is 9.39. The highest BCUT2D eigenvalue weighted by molar-refractivity contribution is 7.92. The molecule has 0 N–H and O–H groups in total. The maximum absolute atomic E-state index is 11.5. The summed E-state index contributed by atoms with van der Waals surface area (Å²) in [5.41, 5.74) is 1.06. The minimum absolute atomic E-state index is 0.136. The number of fused-ring (bicyclic) bond motifs is 2. The average Bonchev–Trinajstić information content (AvgIpc) is 2.76. The predicted molar refractivity (Wildman–Crippen MR) is 55.0 cm³/mol. The molecule has 0 saturated carbocycles. The quantitative estimate of drug-likeness (QED) is 0.638. The summed E-state index contributed by atoms with van der Waals surface area (Å²) in [7, 11) is -2.82. The number of ketones is 1. The number of likely N-dealkylation sites (tertiary alicyclic amines) is 1. The first-order chi connectivity index (χ1) is 7.06. The third kappa shape index (κ3) is 1.33. The number of sulfone groups is 1. The van der Waals surface area contributed by atoms with Gasteiger partial charge in [-0.05, 0) is 12.8 Å². The lowest BCUT2D eigenvalue weighted by Gasteiger charge is -2.29. The lowest BCUT2D eigenvalue weighted by molar-refractivity contribution is -0.114. The van der Waals surface area contributed by atoms with Gasteiger partial charge in [-0.3, -0.25) is 4.79 Å². The average molecular weight is 227 g/mol. The Labute approximate surface area is 88.9 Å². The molecule has 5 heteroatoms. The van der Waals surface area contributed by atoms with Gasteiger partial charge in [0.05, 0.1) is 11.0 Å². The Morgan fingerprint density at radius 1 is 1.33 bits per heavy atom. The molecule has 2 bridgehead atoms. The van der Waals surface area contributed by atoms with Gasteiger partial charge >= 0.3 is 0 Å². The van der Waals surface area contributed by atoms with Crippen LogP contribution in [0.5, 0.6) is 0 Å². The van der Waals surface area contributed by atoms with E-state index < -0.39 is 9.84 Å². The molecule has 2 aliphatic heterocycles. The largest absolute Gasteiger partial charge is 0.369 e. The summed E-state index contributed by atoms with van der Waals surface area (Å²) < 4.78 is 23.1. The topological polar surface area (TPSA) is 54.5 Å². The number of hydrogen-bond acceptors (Lipinski definition) is 4. The fraction of sp³-hybridized carbons (Fsp3) is 0.700. The molecule has 2 saturated heterocycles. The molecule has 4 nitrogen and oxygen atoms in total. The van der Waals surface area contributed by atoms with Gasteiger partial charge < -0.3 is 4.90 Å². The SMILES string of the molecule is O=C1C=C(N2CC3CC2CS3(=O)=O)CC1. The van der Waals surface area contributed by atoms with E-state index in [2.05, 4.69) is 4.90 Å². The Morgan fingerprint density at radius 3 is 2.60 bits per heavy atom. The Hall–Kier alpha value is -0.840. The molecule has 0 aromatic rings.